The Kier molecular flexibility index (Phi) is 5.97. The lowest BCUT2D eigenvalue weighted by Crippen LogP contribution is -2.31. The third-order valence-corrected chi connectivity index (χ3v) is 5.41. The molecular weight excluding hydrogens is 318 g/mol. The Morgan fingerprint density at radius 3 is 2.42 bits per heavy atom. The fourth-order valence-corrected chi connectivity index (χ4v) is 3.59. The number of terminal acetylenes is 1. The molecule has 0 atom stereocenters. The summed E-state index contributed by atoms with van der Waals surface area (Å²) in [6, 6.07) is 14.8. The molecule has 24 heavy (non-hydrogen) atoms. The molecule has 3 nitrogen and oxygen atoms in total. The molecular formula is C20H21NO2S. The maximum atomic E-state index is 12.7. The first-order valence-electron chi connectivity index (χ1n) is 7.67. The van der Waals surface area contributed by atoms with Crippen molar-refractivity contribution >= 4 is 16.1 Å². The predicted molar refractivity (Wildman–Crippen MR) is 99.0 cm³/mol. The van der Waals surface area contributed by atoms with Gasteiger partial charge < -0.3 is 0 Å². The van der Waals surface area contributed by atoms with Gasteiger partial charge in [-0.1, -0.05) is 65.6 Å². The molecule has 2 aromatic carbocycles. The smallest absolute Gasteiger partial charge is 0.207 e. The van der Waals surface area contributed by atoms with E-state index in [0.29, 0.717) is 0 Å². The summed E-state index contributed by atoms with van der Waals surface area (Å²) >= 11 is 0. The summed E-state index contributed by atoms with van der Waals surface area (Å²) in [5.41, 5.74) is 3.20. The quantitative estimate of drug-likeness (QED) is 0.754. The minimum atomic E-state index is -3.60. The molecule has 0 aliphatic rings. The highest BCUT2D eigenvalue weighted by molar-refractivity contribution is 7.89. The van der Waals surface area contributed by atoms with Crippen molar-refractivity contribution in [2.75, 3.05) is 13.1 Å². The summed E-state index contributed by atoms with van der Waals surface area (Å²) in [7, 11) is -3.60. The van der Waals surface area contributed by atoms with Crippen LogP contribution >= 0.6 is 0 Å². The topological polar surface area (TPSA) is 37.4 Å². The zero-order valence-corrected chi connectivity index (χ0v) is 14.8. The largest absolute Gasteiger partial charge is 0.244 e. The standard InChI is InChI=1S/C20H21NO2S/c1-4-14-21(15-6-9-19-8-5-7-18(3)16-19)24(22,23)20-12-10-17(2)11-13-20/h1,5-13,16H,14-15H2,2-3H3. The lowest BCUT2D eigenvalue weighted by molar-refractivity contribution is 0.478. The number of benzene rings is 2. The van der Waals surface area contributed by atoms with Gasteiger partial charge in [-0.25, -0.2) is 8.42 Å². The summed E-state index contributed by atoms with van der Waals surface area (Å²) in [4.78, 5) is 0.257. The lowest BCUT2D eigenvalue weighted by atomic mass is 10.1. The number of nitrogens with zero attached hydrogens (tertiary/aromatic N) is 1. The van der Waals surface area contributed by atoms with Crippen molar-refractivity contribution in [3.8, 4) is 12.3 Å². The number of hydrogen-bond donors (Lipinski definition) is 0. The highest BCUT2D eigenvalue weighted by Gasteiger charge is 2.22. The summed E-state index contributed by atoms with van der Waals surface area (Å²) in [6.45, 7) is 4.20. The molecule has 0 saturated carbocycles. The molecule has 0 saturated heterocycles. The van der Waals surface area contributed by atoms with Crippen LogP contribution in [0.2, 0.25) is 0 Å². The monoisotopic (exact) mass is 339 g/mol. The molecule has 0 radical (unpaired) electrons. The fraction of sp³-hybridized carbons (Fsp3) is 0.200. The Balaban J connectivity index is 2.19. The van der Waals surface area contributed by atoms with E-state index in [2.05, 4.69) is 5.92 Å². The Morgan fingerprint density at radius 2 is 1.79 bits per heavy atom. The molecule has 0 bridgehead atoms. The molecule has 0 N–H and O–H groups in total. The van der Waals surface area contributed by atoms with Crippen LogP contribution in [0, 0.1) is 26.2 Å². The molecule has 4 heteroatoms. The Bertz CT molecular complexity index is 859. The van der Waals surface area contributed by atoms with E-state index in [1.54, 1.807) is 24.3 Å². The van der Waals surface area contributed by atoms with Crippen LogP contribution in [-0.4, -0.2) is 25.8 Å². The molecule has 0 spiro atoms. The molecule has 0 aromatic heterocycles. The summed E-state index contributed by atoms with van der Waals surface area (Å²) in [6.07, 6.45) is 9.07. The van der Waals surface area contributed by atoms with E-state index in [1.807, 2.05) is 50.3 Å². The first-order chi connectivity index (χ1) is 11.4. The van der Waals surface area contributed by atoms with Gasteiger partial charge in [0.2, 0.25) is 10.0 Å². The Hall–Kier alpha value is -2.35. The minimum absolute atomic E-state index is 0.0361. The highest BCUT2D eigenvalue weighted by Crippen LogP contribution is 2.16. The fourth-order valence-electron chi connectivity index (χ4n) is 2.29. The van der Waals surface area contributed by atoms with E-state index < -0.39 is 10.0 Å². The minimum Gasteiger partial charge on any atom is -0.207 e. The van der Waals surface area contributed by atoms with Crippen molar-refractivity contribution < 1.29 is 8.42 Å². The molecule has 0 fully saturated rings. The second kappa shape index (κ2) is 7.96. The molecule has 0 aliphatic heterocycles. The van der Waals surface area contributed by atoms with E-state index in [0.717, 1.165) is 16.7 Å². The van der Waals surface area contributed by atoms with Gasteiger partial charge in [0.25, 0.3) is 0 Å². The molecule has 0 aliphatic carbocycles. The van der Waals surface area contributed by atoms with E-state index in [1.165, 1.54) is 4.31 Å². The third-order valence-electron chi connectivity index (χ3n) is 3.59. The highest BCUT2D eigenvalue weighted by atomic mass is 32.2. The second-order valence-electron chi connectivity index (χ2n) is 5.63. The van der Waals surface area contributed by atoms with Gasteiger partial charge in [-0.05, 0) is 31.5 Å². The number of rotatable bonds is 6. The molecule has 0 amide bonds. The van der Waals surface area contributed by atoms with Gasteiger partial charge >= 0.3 is 0 Å². The van der Waals surface area contributed by atoms with Crippen LogP contribution in [0.3, 0.4) is 0 Å². The van der Waals surface area contributed by atoms with Crippen LogP contribution in [0.25, 0.3) is 6.08 Å². The Labute approximate surface area is 144 Å². The van der Waals surface area contributed by atoms with Crippen LogP contribution in [0.15, 0.2) is 59.5 Å². The van der Waals surface area contributed by atoms with E-state index in [-0.39, 0.29) is 18.0 Å². The van der Waals surface area contributed by atoms with Gasteiger partial charge in [0.05, 0.1) is 11.4 Å². The van der Waals surface area contributed by atoms with Crippen molar-refractivity contribution in [3.05, 3.63) is 71.3 Å². The molecule has 0 unspecified atom stereocenters. The van der Waals surface area contributed by atoms with Gasteiger partial charge in [0.15, 0.2) is 0 Å². The van der Waals surface area contributed by atoms with Crippen LogP contribution in [0.1, 0.15) is 16.7 Å². The zero-order chi connectivity index (χ0) is 17.6. The summed E-state index contributed by atoms with van der Waals surface area (Å²) in [5.74, 6) is 2.43. The van der Waals surface area contributed by atoms with Gasteiger partial charge in [-0.15, -0.1) is 6.42 Å². The van der Waals surface area contributed by atoms with Crippen LogP contribution in [0.5, 0.6) is 0 Å². The van der Waals surface area contributed by atoms with Crippen LogP contribution in [0.4, 0.5) is 0 Å². The predicted octanol–water partition coefficient (Wildman–Crippen LogP) is 3.64. The van der Waals surface area contributed by atoms with E-state index >= 15 is 0 Å². The third kappa shape index (κ3) is 4.58. The van der Waals surface area contributed by atoms with Crippen molar-refractivity contribution in [2.45, 2.75) is 18.7 Å². The molecule has 2 rings (SSSR count). The zero-order valence-electron chi connectivity index (χ0n) is 13.9. The molecule has 2 aromatic rings. The van der Waals surface area contributed by atoms with Crippen LogP contribution < -0.4 is 0 Å². The molecule has 0 heterocycles. The van der Waals surface area contributed by atoms with Gasteiger partial charge in [0.1, 0.15) is 0 Å². The normalized spacial score (nSPS) is 11.8. The van der Waals surface area contributed by atoms with Crippen molar-refractivity contribution in [3.63, 3.8) is 0 Å². The van der Waals surface area contributed by atoms with E-state index in [9.17, 15) is 8.42 Å². The first-order valence-corrected chi connectivity index (χ1v) is 9.11. The van der Waals surface area contributed by atoms with Gasteiger partial charge in [-0.2, -0.15) is 4.31 Å². The maximum absolute atomic E-state index is 12.7. The average molecular weight is 339 g/mol. The van der Waals surface area contributed by atoms with Crippen molar-refractivity contribution in [1.29, 1.82) is 0 Å². The second-order valence-corrected chi connectivity index (χ2v) is 7.57. The number of aryl methyl sites for hydroxylation is 2. The summed E-state index contributed by atoms with van der Waals surface area (Å²) < 4.78 is 26.7. The molecule has 124 valence electrons. The lowest BCUT2D eigenvalue weighted by Gasteiger charge is -2.18. The van der Waals surface area contributed by atoms with Gasteiger partial charge in [0, 0.05) is 6.54 Å². The number of hydrogen-bond acceptors (Lipinski definition) is 2. The first kappa shape index (κ1) is 18.0. The van der Waals surface area contributed by atoms with Crippen molar-refractivity contribution in [2.24, 2.45) is 0 Å². The van der Waals surface area contributed by atoms with Crippen LogP contribution in [-0.2, 0) is 10.0 Å². The maximum Gasteiger partial charge on any atom is 0.244 e. The van der Waals surface area contributed by atoms with Crippen molar-refractivity contribution in [1.82, 2.24) is 4.31 Å². The SMILES string of the molecule is C#CCN(CC=Cc1cccc(C)c1)S(=O)(=O)c1ccc(C)cc1. The van der Waals surface area contributed by atoms with E-state index in [4.69, 9.17) is 6.42 Å². The Morgan fingerprint density at radius 1 is 1.08 bits per heavy atom. The number of sulfonamides is 1. The summed E-state index contributed by atoms with van der Waals surface area (Å²) in [5, 5.41) is 0. The average Bonchev–Trinajstić information content (AvgIpc) is 2.54. The van der Waals surface area contributed by atoms with Gasteiger partial charge in [-0.3, -0.25) is 0 Å².